The molecule has 5 aromatic rings. The van der Waals surface area contributed by atoms with E-state index in [-0.39, 0.29) is 17.8 Å². The lowest BCUT2D eigenvalue weighted by atomic mass is 10.1. The van der Waals surface area contributed by atoms with Gasteiger partial charge in [0.1, 0.15) is 5.82 Å². The van der Waals surface area contributed by atoms with Crippen molar-refractivity contribution in [2.45, 2.75) is 13.0 Å². The fraction of sp³-hybridized carbons (Fsp3) is 0.0909. The minimum Gasteiger partial charge on any atom is -0.366 e. The second kappa shape index (κ2) is 7.48. The number of fused-ring (bicyclic) bond motifs is 1. The van der Waals surface area contributed by atoms with Gasteiger partial charge in [-0.15, -0.1) is 5.10 Å². The Bertz CT molecular complexity index is 1390. The first kappa shape index (κ1) is 19.2. The molecule has 0 radical (unpaired) electrons. The van der Waals surface area contributed by atoms with Gasteiger partial charge in [-0.05, 0) is 48.9 Å². The molecule has 7 nitrogen and oxygen atoms in total. The molecular formula is C22H17ClFN7. The Hall–Kier alpha value is -3.78. The van der Waals surface area contributed by atoms with Gasteiger partial charge in [-0.25, -0.2) is 13.9 Å². The van der Waals surface area contributed by atoms with E-state index in [1.54, 1.807) is 29.0 Å². The van der Waals surface area contributed by atoms with Crippen molar-refractivity contribution in [2.24, 2.45) is 0 Å². The van der Waals surface area contributed by atoms with Crippen LogP contribution in [0.4, 0.5) is 10.3 Å². The van der Waals surface area contributed by atoms with Crippen LogP contribution in [0.5, 0.6) is 0 Å². The van der Waals surface area contributed by atoms with Crippen molar-refractivity contribution in [3.63, 3.8) is 0 Å². The third kappa shape index (κ3) is 3.62. The van der Waals surface area contributed by atoms with E-state index in [1.807, 2.05) is 42.1 Å². The number of benzene rings is 1. The van der Waals surface area contributed by atoms with Gasteiger partial charge in [0, 0.05) is 23.5 Å². The largest absolute Gasteiger partial charge is 0.366 e. The predicted molar refractivity (Wildman–Crippen MR) is 117 cm³/mol. The van der Waals surface area contributed by atoms with E-state index in [0.29, 0.717) is 16.4 Å². The first-order valence-corrected chi connectivity index (χ1v) is 9.94. The average molecular weight is 434 g/mol. The molecule has 5 rings (SSSR count). The minimum atomic E-state index is -0.262. The van der Waals surface area contributed by atoms with Crippen molar-refractivity contribution in [1.29, 1.82) is 0 Å². The molecule has 0 saturated carbocycles. The average Bonchev–Trinajstić information content (AvgIpc) is 3.40. The summed E-state index contributed by atoms with van der Waals surface area (Å²) in [6.45, 7) is 2.00. The molecule has 1 aromatic carbocycles. The summed E-state index contributed by atoms with van der Waals surface area (Å²) in [5.41, 5.74) is 10.3. The highest BCUT2D eigenvalue weighted by Gasteiger charge is 2.14. The molecule has 2 N–H and O–H groups in total. The van der Waals surface area contributed by atoms with Crippen LogP contribution in [0, 0.1) is 5.82 Å². The van der Waals surface area contributed by atoms with Crippen LogP contribution in [0.3, 0.4) is 0 Å². The van der Waals surface area contributed by atoms with Gasteiger partial charge in [-0.1, -0.05) is 23.7 Å². The molecule has 0 spiro atoms. The van der Waals surface area contributed by atoms with E-state index in [1.165, 1.54) is 12.1 Å². The number of aromatic nitrogens is 6. The summed E-state index contributed by atoms with van der Waals surface area (Å²) in [6, 6.07) is 13.7. The third-order valence-electron chi connectivity index (χ3n) is 5.12. The summed E-state index contributed by atoms with van der Waals surface area (Å²) in [6.07, 6.45) is 5.43. The first-order valence-electron chi connectivity index (χ1n) is 9.57. The van der Waals surface area contributed by atoms with E-state index >= 15 is 0 Å². The fourth-order valence-corrected chi connectivity index (χ4v) is 3.64. The number of nitrogens with two attached hydrogens (primary N) is 1. The Labute approximate surface area is 181 Å². The van der Waals surface area contributed by atoms with Crippen molar-refractivity contribution >= 4 is 23.2 Å². The van der Waals surface area contributed by atoms with E-state index < -0.39 is 0 Å². The zero-order valence-corrected chi connectivity index (χ0v) is 17.2. The molecule has 154 valence electrons. The standard InChI is InChI=1S/C22H17ClFN7/c1-13(14-2-4-17(24)5-3-14)31-12-16(11-26-31)19-7-6-18(23)21(27-19)15-8-9-30-20(10-15)28-22(25)29-30/h2-13H,1H3,(H2,25,29). The monoisotopic (exact) mass is 433 g/mol. The van der Waals surface area contributed by atoms with Crippen molar-refractivity contribution in [2.75, 3.05) is 5.73 Å². The molecule has 1 atom stereocenters. The van der Waals surface area contributed by atoms with Crippen molar-refractivity contribution in [3.8, 4) is 22.5 Å². The molecule has 31 heavy (non-hydrogen) atoms. The van der Waals surface area contributed by atoms with Crippen LogP contribution in [0.25, 0.3) is 28.2 Å². The van der Waals surface area contributed by atoms with Crippen LogP contribution < -0.4 is 5.73 Å². The van der Waals surface area contributed by atoms with Crippen molar-refractivity contribution in [1.82, 2.24) is 29.4 Å². The Morgan fingerprint density at radius 3 is 2.65 bits per heavy atom. The highest BCUT2D eigenvalue weighted by Crippen LogP contribution is 2.30. The SMILES string of the molecule is CC(c1ccc(F)cc1)n1cc(-c2ccc(Cl)c(-c3ccn4nc(N)nc4c3)n2)cn1. The number of hydrogen-bond donors (Lipinski definition) is 1. The molecule has 0 aliphatic heterocycles. The van der Waals surface area contributed by atoms with Gasteiger partial charge in [0.05, 0.1) is 28.6 Å². The lowest BCUT2D eigenvalue weighted by Gasteiger charge is -2.12. The van der Waals surface area contributed by atoms with E-state index in [4.69, 9.17) is 22.3 Å². The smallest absolute Gasteiger partial charge is 0.240 e. The van der Waals surface area contributed by atoms with Crippen molar-refractivity contribution < 1.29 is 4.39 Å². The summed E-state index contributed by atoms with van der Waals surface area (Å²) in [5.74, 6) is -0.0605. The topological polar surface area (TPSA) is 86.9 Å². The van der Waals surface area contributed by atoms with Gasteiger partial charge in [-0.3, -0.25) is 4.68 Å². The lowest BCUT2D eigenvalue weighted by Crippen LogP contribution is -2.06. The highest BCUT2D eigenvalue weighted by molar-refractivity contribution is 6.33. The van der Waals surface area contributed by atoms with Crippen LogP contribution >= 0.6 is 11.6 Å². The first-order chi connectivity index (χ1) is 15.0. The summed E-state index contributed by atoms with van der Waals surface area (Å²) in [4.78, 5) is 8.95. The number of nitrogens with zero attached hydrogens (tertiary/aromatic N) is 6. The number of anilines is 1. The zero-order chi connectivity index (χ0) is 21.5. The second-order valence-corrected chi connectivity index (χ2v) is 7.56. The van der Waals surface area contributed by atoms with Gasteiger partial charge in [0.25, 0.3) is 0 Å². The molecule has 0 aliphatic carbocycles. The predicted octanol–water partition coefficient (Wildman–Crippen LogP) is 4.64. The summed E-state index contributed by atoms with van der Waals surface area (Å²) < 4.78 is 16.6. The molecule has 0 fully saturated rings. The fourth-order valence-electron chi connectivity index (χ4n) is 3.43. The van der Waals surface area contributed by atoms with Crippen LogP contribution in [0.2, 0.25) is 5.02 Å². The number of nitrogen functional groups attached to an aromatic ring is 1. The van der Waals surface area contributed by atoms with Crippen LogP contribution in [-0.4, -0.2) is 29.4 Å². The van der Waals surface area contributed by atoms with E-state index in [0.717, 1.165) is 22.4 Å². The number of rotatable bonds is 4. The maximum absolute atomic E-state index is 13.2. The highest BCUT2D eigenvalue weighted by atomic mass is 35.5. The number of halogens is 2. The molecular weight excluding hydrogens is 417 g/mol. The molecule has 0 bridgehead atoms. The Kier molecular flexibility index (Phi) is 4.63. The normalized spacial score (nSPS) is 12.4. The maximum atomic E-state index is 13.2. The van der Waals surface area contributed by atoms with Gasteiger partial charge >= 0.3 is 0 Å². The Balaban J connectivity index is 1.49. The van der Waals surface area contributed by atoms with Gasteiger partial charge in [0.2, 0.25) is 5.95 Å². The number of pyridine rings is 2. The molecule has 4 heterocycles. The molecule has 4 aromatic heterocycles. The Morgan fingerprint density at radius 2 is 1.84 bits per heavy atom. The van der Waals surface area contributed by atoms with Gasteiger partial charge < -0.3 is 5.73 Å². The molecule has 9 heteroatoms. The number of hydrogen-bond acceptors (Lipinski definition) is 5. The maximum Gasteiger partial charge on any atom is 0.240 e. The zero-order valence-electron chi connectivity index (χ0n) is 16.4. The molecule has 0 amide bonds. The molecule has 1 unspecified atom stereocenters. The minimum absolute atomic E-state index is 0.0538. The van der Waals surface area contributed by atoms with Crippen molar-refractivity contribution in [3.05, 3.63) is 83.5 Å². The quantitative estimate of drug-likeness (QED) is 0.446. The van der Waals surface area contributed by atoms with E-state index in [2.05, 4.69) is 15.2 Å². The summed E-state index contributed by atoms with van der Waals surface area (Å²) >= 11 is 6.44. The van der Waals surface area contributed by atoms with E-state index in [9.17, 15) is 4.39 Å². The van der Waals surface area contributed by atoms with Crippen LogP contribution in [-0.2, 0) is 0 Å². The van der Waals surface area contributed by atoms with Gasteiger partial charge in [0.15, 0.2) is 5.65 Å². The summed E-state index contributed by atoms with van der Waals surface area (Å²) in [7, 11) is 0. The molecule has 0 saturated heterocycles. The Morgan fingerprint density at radius 1 is 1.03 bits per heavy atom. The lowest BCUT2D eigenvalue weighted by molar-refractivity contribution is 0.561. The van der Waals surface area contributed by atoms with Gasteiger partial charge in [-0.2, -0.15) is 10.1 Å². The molecule has 0 aliphatic rings. The van der Waals surface area contributed by atoms with Crippen LogP contribution in [0.1, 0.15) is 18.5 Å². The summed E-state index contributed by atoms with van der Waals surface area (Å²) in [5, 5.41) is 9.08. The second-order valence-electron chi connectivity index (χ2n) is 7.15. The van der Waals surface area contributed by atoms with Crippen LogP contribution in [0.15, 0.2) is 67.1 Å². The third-order valence-corrected chi connectivity index (χ3v) is 5.42.